The Morgan fingerprint density at radius 1 is 1.19 bits per heavy atom. The number of thioether (sulfide) groups is 1. The van der Waals surface area contributed by atoms with Crippen molar-refractivity contribution in [3.63, 3.8) is 0 Å². The number of aromatic nitrogens is 2. The molecule has 1 aromatic carbocycles. The Morgan fingerprint density at radius 3 is 2.48 bits per heavy atom. The van der Waals surface area contributed by atoms with E-state index in [1.807, 2.05) is 12.3 Å². The van der Waals surface area contributed by atoms with Gasteiger partial charge in [-0.1, -0.05) is 11.8 Å². The summed E-state index contributed by atoms with van der Waals surface area (Å²) in [4.78, 5) is 8.45. The minimum absolute atomic E-state index is 0.168. The van der Waals surface area contributed by atoms with E-state index in [0.29, 0.717) is 27.9 Å². The lowest BCUT2D eigenvalue weighted by atomic mass is 10.1. The van der Waals surface area contributed by atoms with Gasteiger partial charge >= 0.3 is 0 Å². The average Bonchev–Trinajstić information content (AvgIpc) is 2.53. The minimum Gasteiger partial charge on any atom is -0.493 e. The molecule has 0 bridgehead atoms. The SMILES string of the molecule is COc1ccc(-c2nc(SC)nc(N)c2C#N)cc1OC. The summed E-state index contributed by atoms with van der Waals surface area (Å²) in [6, 6.07) is 7.36. The first kappa shape index (κ1) is 14.9. The van der Waals surface area contributed by atoms with E-state index >= 15 is 0 Å². The van der Waals surface area contributed by atoms with Crippen LogP contribution in [0.2, 0.25) is 0 Å². The second kappa shape index (κ2) is 6.33. The number of methoxy groups -OCH3 is 2. The van der Waals surface area contributed by atoms with Gasteiger partial charge in [-0.25, -0.2) is 9.97 Å². The summed E-state index contributed by atoms with van der Waals surface area (Å²) in [5.41, 5.74) is 7.28. The first-order chi connectivity index (χ1) is 10.1. The molecule has 1 aromatic heterocycles. The van der Waals surface area contributed by atoms with Crippen LogP contribution in [-0.4, -0.2) is 30.4 Å². The molecule has 2 rings (SSSR count). The number of nitriles is 1. The van der Waals surface area contributed by atoms with Gasteiger partial charge in [0.05, 0.1) is 19.9 Å². The van der Waals surface area contributed by atoms with E-state index < -0.39 is 0 Å². The molecule has 0 aliphatic rings. The highest BCUT2D eigenvalue weighted by molar-refractivity contribution is 7.98. The molecule has 0 aliphatic heterocycles. The molecular weight excluding hydrogens is 288 g/mol. The third-order valence-electron chi connectivity index (χ3n) is 2.87. The van der Waals surface area contributed by atoms with Gasteiger partial charge in [0.15, 0.2) is 16.7 Å². The highest BCUT2D eigenvalue weighted by atomic mass is 32.2. The van der Waals surface area contributed by atoms with E-state index in [1.165, 1.54) is 11.8 Å². The fourth-order valence-electron chi connectivity index (χ4n) is 1.85. The zero-order valence-electron chi connectivity index (χ0n) is 11.9. The molecule has 1 heterocycles. The van der Waals surface area contributed by atoms with E-state index in [-0.39, 0.29) is 11.4 Å². The van der Waals surface area contributed by atoms with E-state index in [4.69, 9.17) is 15.2 Å². The van der Waals surface area contributed by atoms with E-state index in [9.17, 15) is 5.26 Å². The van der Waals surface area contributed by atoms with Crippen LogP contribution in [0, 0.1) is 11.3 Å². The second-order valence-electron chi connectivity index (χ2n) is 4.00. The Bertz CT molecular complexity index is 713. The lowest BCUT2D eigenvalue weighted by molar-refractivity contribution is 0.355. The first-order valence-corrected chi connectivity index (χ1v) is 7.21. The molecule has 0 saturated carbocycles. The number of rotatable bonds is 4. The number of nitrogens with two attached hydrogens (primary N) is 1. The number of hydrogen-bond acceptors (Lipinski definition) is 7. The Morgan fingerprint density at radius 2 is 1.90 bits per heavy atom. The van der Waals surface area contributed by atoms with Gasteiger partial charge in [-0.3, -0.25) is 0 Å². The number of benzene rings is 1. The molecule has 2 N–H and O–H groups in total. The lowest BCUT2D eigenvalue weighted by Gasteiger charge is -2.11. The lowest BCUT2D eigenvalue weighted by Crippen LogP contribution is -2.02. The largest absolute Gasteiger partial charge is 0.493 e. The molecule has 21 heavy (non-hydrogen) atoms. The summed E-state index contributed by atoms with van der Waals surface area (Å²) in [5, 5.41) is 9.79. The van der Waals surface area contributed by atoms with Gasteiger partial charge in [0, 0.05) is 5.56 Å². The molecule has 0 unspecified atom stereocenters. The van der Waals surface area contributed by atoms with Crippen LogP contribution in [0.15, 0.2) is 23.4 Å². The molecule has 0 fully saturated rings. The van der Waals surface area contributed by atoms with E-state index in [0.717, 1.165) is 0 Å². The summed E-state index contributed by atoms with van der Waals surface area (Å²) in [5.74, 6) is 1.33. The van der Waals surface area contributed by atoms with Gasteiger partial charge in [0.1, 0.15) is 17.5 Å². The topological polar surface area (TPSA) is 94.0 Å². The zero-order chi connectivity index (χ0) is 15.4. The van der Waals surface area contributed by atoms with Gasteiger partial charge < -0.3 is 15.2 Å². The molecule has 0 saturated heterocycles. The Balaban J connectivity index is 2.66. The maximum absolute atomic E-state index is 9.28. The fraction of sp³-hybridized carbons (Fsp3) is 0.214. The van der Waals surface area contributed by atoms with Crippen molar-refractivity contribution in [1.82, 2.24) is 9.97 Å². The van der Waals surface area contributed by atoms with Crippen LogP contribution in [0.5, 0.6) is 11.5 Å². The highest BCUT2D eigenvalue weighted by Crippen LogP contribution is 2.34. The molecule has 6 nitrogen and oxygen atoms in total. The van der Waals surface area contributed by atoms with Crippen LogP contribution < -0.4 is 15.2 Å². The average molecular weight is 302 g/mol. The summed E-state index contributed by atoms with van der Waals surface area (Å²) in [6.07, 6.45) is 1.85. The maximum Gasteiger partial charge on any atom is 0.189 e. The van der Waals surface area contributed by atoms with Crippen LogP contribution in [0.3, 0.4) is 0 Å². The van der Waals surface area contributed by atoms with Crippen molar-refractivity contribution < 1.29 is 9.47 Å². The predicted octanol–water partition coefficient (Wildman–Crippen LogP) is 2.34. The predicted molar refractivity (Wildman–Crippen MR) is 81.5 cm³/mol. The van der Waals surface area contributed by atoms with Gasteiger partial charge in [-0.2, -0.15) is 5.26 Å². The van der Waals surface area contributed by atoms with Crippen molar-refractivity contribution >= 4 is 17.6 Å². The molecule has 2 aromatic rings. The van der Waals surface area contributed by atoms with Crippen molar-refractivity contribution in [3.8, 4) is 28.8 Å². The monoisotopic (exact) mass is 302 g/mol. The number of nitrogen functional groups attached to an aromatic ring is 1. The third-order valence-corrected chi connectivity index (χ3v) is 3.42. The Labute approximate surface area is 126 Å². The number of hydrogen-bond donors (Lipinski definition) is 1. The minimum atomic E-state index is 0.168. The van der Waals surface area contributed by atoms with Crippen LogP contribution >= 0.6 is 11.8 Å². The quantitative estimate of drug-likeness (QED) is 0.684. The van der Waals surface area contributed by atoms with Crippen molar-refractivity contribution in [2.75, 3.05) is 26.2 Å². The zero-order valence-corrected chi connectivity index (χ0v) is 12.7. The molecule has 0 aliphatic carbocycles. The van der Waals surface area contributed by atoms with Gasteiger partial charge in [0.25, 0.3) is 0 Å². The van der Waals surface area contributed by atoms with Crippen LogP contribution in [-0.2, 0) is 0 Å². The standard InChI is InChI=1S/C14H14N4O2S/c1-19-10-5-4-8(6-11(10)20-2)12-9(7-15)13(16)18-14(17-12)21-3/h4-6H,1-3H3,(H2,16,17,18). The molecule has 0 spiro atoms. The number of nitrogens with zero attached hydrogens (tertiary/aromatic N) is 3. The van der Waals surface area contributed by atoms with Gasteiger partial charge in [0.2, 0.25) is 0 Å². The molecule has 7 heteroatoms. The first-order valence-electron chi connectivity index (χ1n) is 5.98. The van der Waals surface area contributed by atoms with Crippen molar-refractivity contribution in [1.29, 1.82) is 5.26 Å². The molecule has 0 radical (unpaired) electrons. The Kier molecular flexibility index (Phi) is 4.50. The molecule has 0 amide bonds. The molecule has 0 atom stereocenters. The smallest absolute Gasteiger partial charge is 0.189 e. The van der Waals surface area contributed by atoms with Crippen LogP contribution in [0.4, 0.5) is 5.82 Å². The van der Waals surface area contributed by atoms with Gasteiger partial charge in [-0.05, 0) is 24.5 Å². The highest BCUT2D eigenvalue weighted by Gasteiger charge is 2.15. The number of ether oxygens (including phenoxy) is 2. The van der Waals surface area contributed by atoms with E-state index in [1.54, 1.807) is 32.4 Å². The normalized spacial score (nSPS) is 10.0. The Hall–Kier alpha value is -2.46. The summed E-state index contributed by atoms with van der Waals surface area (Å²) in [7, 11) is 3.11. The summed E-state index contributed by atoms with van der Waals surface area (Å²) < 4.78 is 10.5. The van der Waals surface area contributed by atoms with Crippen molar-refractivity contribution in [3.05, 3.63) is 23.8 Å². The maximum atomic E-state index is 9.28. The van der Waals surface area contributed by atoms with Crippen LogP contribution in [0.25, 0.3) is 11.3 Å². The molecule has 108 valence electrons. The summed E-state index contributed by atoms with van der Waals surface area (Å²) >= 11 is 1.36. The van der Waals surface area contributed by atoms with Crippen molar-refractivity contribution in [2.45, 2.75) is 5.16 Å². The van der Waals surface area contributed by atoms with E-state index in [2.05, 4.69) is 9.97 Å². The number of anilines is 1. The summed E-state index contributed by atoms with van der Waals surface area (Å²) in [6.45, 7) is 0. The van der Waals surface area contributed by atoms with Crippen molar-refractivity contribution in [2.24, 2.45) is 0 Å². The van der Waals surface area contributed by atoms with Gasteiger partial charge in [-0.15, -0.1) is 0 Å². The second-order valence-corrected chi connectivity index (χ2v) is 4.77. The van der Waals surface area contributed by atoms with Crippen LogP contribution in [0.1, 0.15) is 5.56 Å². The molecular formula is C14H14N4O2S. The third kappa shape index (κ3) is 2.85. The fourth-order valence-corrected chi connectivity index (χ4v) is 2.22.